The molecule has 0 saturated heterocycles. The molecule has 2 bridgehead atoms. The second-order valence-corrected chi connectivity index (χ2v) is 9.66. The van der Waals surface area contributed by atoms with Crippen LogP contribution in [0.2, 0.25) is 5.02 Å². The Kier molecular flexibility index (Phi) is 5.34. The standard InChI is InChI=1S/C22H28ClN5O2/c1-12-5-6-15(9-24-12)26-19(29)11-28-21(30)20(23)18(10-25-28)27-17-8-14-7-16(13(17)2)22(14,3)4/h5-6,9-10,13-14,16-17,27H,7-8,11H2,1-4H3,(H,26,29)/t13-,14-,16+,17-/m1/s1. The molecule has 2 aromatic rings. The number of pyridine rings is 1. The lowest BCUT2D eigenvalue weighted by molar-refractivity contribution is -0.117. The van der Waals surface area contributed by atoms with Crippen molar-refractivity contribution in [1.82, 2.24) is 14.8 Å². The molecule has 3 aliphatic rings. The summed E-state index contributed by atoms with van der Waals surface area (Å²) in [5, 5.41) is 10.4. The summed E-state index contributed by atoms with van der Waals surface area (Å²) in [6.07, 6.45) is 5.46. The maximum atomic E-state index is 12.7. The van der Waals surface area contributed by atoms with Gasteiger partial charge in [0.1, 0.15) is 11.6 Å². The Morgan fingerprint density at radius 3 is 2.70 bits per heavy atom. The highest BCUT2D eigenvalue weighted by molar-refractivity contribution is 6.32. The molecule has 2 aromatic heterocycles. The van der Waals surface area contributed by atoms with Crippen molar-refractivity contribution in [3.05, 3.63) is 45.6 Å². The SMILES string of the molecule is Cc1ccc(NC(=O)Cn2ncc(N[C@@H]3C[C@H]4C[C@@H]([C@H]3C)C4(C)C)c(Cl)c2=O)cn1. The minimum atomic E-state index is -0.479. The quantitative estimate of drug-likeness (QED) is 0.756. The normalized spacial score (nSPS) is 26.6. The molecule has 0 unspecified atom stereocenters. The second kappa shape index (κ2) is 7.69. The lowest BCUT2D eigenvalue weighted by Crippen LogP contribution is -2.58. The number of carbonyl (C=O) groups excluding carboxylic acids is 1. The first-order valence-corrected chi connectivity index (χ1v) is 10.8. The van der Waals surface area contributed by atoms with Gasteiger partial charge in [0.2, 0.25) is 5.91 Å². The van der Waals surface area contributed by atoms with Crippen LogP contribution in [0, 0.1) is 30.1 Å². The second-order valence-electron chi connectivity index (χ2n) is 9.28. The van der Waals surface area contributed by atoms with Crippen molar-refractivity contribution in [3.63, 3.8) is 0 Å². The molecule has 30 heavy (non-hydrogen) atoms. The molecule has 7 nitrogen and oxygen atoms in total. The van der Waals surface area contributed by atoms with Crippen molar-refractivity contribution in [3.8, 4) is 0 Å². The molecule has 0 aromatic carbocycles. The van der Waals surface area contributed by atoms with E-state index in [1.54, 1.807) is 24.5 Å². The van der Waals surface area contributed by atoms with Gasteiger partial charge < -0.3 is 10.6 Å². The van der Waals surface area contributed by atoms with E-state index in [0.29, 0.717) is 34.5 Å². The third-order valence-corrected chi connectivity index (χ3v) is 7.53. The van der Waals surface area contributed by atoms with Crippen LogP contribution < -0.4 is 16.2 Å². The first-order chi connectivity index (χ1) is 14.2. The first-order valence-electron chi connectivity index (χ1n) is 10.4. The van der Waals surface area contributed by atoms with E-state index in [-0.39, 0.29) is 23.5 Å². The highest BCUT2D eigenvalue weighted by Gasteiger charge is 2.56. The number of nitrogens with zero attached hydrogens (tertiary/aromatic N) is 3. The van der Waals surface area contributed by atoms with Crippen molar-refractivity contribution in [1.29, 1.82) is 0 Å². The smallest absolute Gasteiger partial charge is 0.288 e. The number of carbonyl (C=O) groups is 1. The van der Waals surface area contributed by atoms with Gasteiger partial charge in [-0.1, -0.05) is 32.4 Å². The summed E-state index contributed by atoms with van der Waals surface area (Å²) in [6.45, 7) is 8.62. The van der Waals surface area contributed by atoms with Crippen molar-refractivity contribution in [2.24, 2.45) is 23.2 Å². The maximum Gasteiger partial charge on any atom is 0.288 e. The van der Waals surface area contributed by atoms with Crippen LogP contribution in [0.5, 0.6) is 0 Å². The van der Waals surface area contributed by atoms with Crippen LogP contribution in [0.25, 0.3) is 0 Å². The molecule has 8 heteroatoms. The van der Waals surface area contributed by atoms with Gasteiger partial charge in [-0.2, -0.15) is 5.10 Å². The van der Waals surface area contributed by atoms with Gasteiger partial charge in [0.05, 0.1) is 23.8 Å². The summed E-state index contributed by atoms with van der Waals surface area (Å²) >= 11 is 6.35. The van der Waals surface area contributed by atoms with Crippen molar-refractivity contribution in [2.45, 2.75) is 53.1 Å². The van der Waals surface area contributed by atoms with Crippen molar-refractivity contribution < 1.29 is 4.79 Å². The number of amides is 1. The van der Waals surface area contributed by atoms with Crippen LogP contribution in [0.3, 0.4) is 0 Å². The predicted molar refractivity (Wildman–Crippen MR) is 118 cm³/mol. The van der Waals surface area contributed by atoms with E-state index in [1.807, 2.05) is 6.92 Å². The molecular weight excluding hydrogens is 402 g/mol. The molecule has 0 radical (unpaired) electrons. The zero-order valence-corrected chi connectivity index (χ0v) is 18.5. The molecule has 3 fully saturated rings. The third kappa shape index (κ3) is 3.71. The highest BCUT2D eigenvalue weighted by Crippen LogP contribution is 2.61. The molecular formula is C22H28ClN5O2. The monoisotopic (exact) mass is 429 g/mol. The van der Waals surface area contributed by atoms with E-state index in [0.717, 1.165) is 16.8 Å². The first kappa shape index (κ1) is 20.8. The Morgan fingerprint density at radius 1 is 1.30 bits per heavy atom. The van der Waals surface area contributed by atoms with Crippen LogP contribution in [0.4, 0.5) is 11.4 Å². The van der Waals surface area contributed by atoms with Gasteiger partial charge >= 0.3 is 0 Å². The summed E-state index contributed by atoms with van der Waals surface area (Å²) in [5.74, 6) is 1.51. The lowest BCUT2D eigenvalue weighted by atomic mass is 9.45. The molecule has 2 heterocycles. The molecule has 160 valence electrons. The molecule has 0 spiro atoms. The molecule has 1 amide bonds. The van der Waals surface area contributed by atoms with Crippen LogP contribution in [0.15, 0.2) is 29.3 Å². The third-order valence-electron chi connectivity index (χ3n) is 7.17. The Balaban J connectivity index is 1.43. The van der Waals surface area contributed by atoms with E-state index in [9.17, 15) is 9.59 Å². The van der Waals surface area contributed by atoms with Crippen LogP contribution >= 0.6 is 11.6 Å². The minimum Gasteiger partial charge on any atom is -0.379 e. The van der Waals surface area contributed by atoms with E-state index in [2.05, 4.69) is 41.5 Å². The molecule has 5 rings (SSSR count). The Labute approximate surface area is 181 Å². The van der Waals surface area contributed by atoms with Gasteiger partial charge in [0.15, 0.2) is 0 Å². The molecule has 0 aliphatic heterocycles. The summed E-state index contributed by atoms with van der Waals surface area (Å²) < 4.78 is 1.08. The number of halogens is 1. The fourth-order valence-electron chi connectivity index (χ4n) is 5.10. The fourth-order valence-corrected chi connectivity index (χ4v) is 5.30. The zero-order chi connectivity index (χ0) is 21.6. The minimum absolute atomic E-state index is 0.0699. The average Bonchev–Trinajstić information content (AvgIpc) is 2.70. The van der Waals surface area contributed by atoms with E-state index >= 15 is 0 Å². The molecule has 3 saturated carbocycles. The number of hydrogen-bond donors (Lipinski definition) is 2. The summed E-state index contributed by atoms with van der Waals surface area (Å²) in [6, 6.07) is 3.83. The van der Waals surface area contributed by atoms with Crippen LogP contribution in [0.1, 0.15) is 39.3 Å². The zero-order valence-electron chi connectivity index (χ0n) is 17.8. The van der Waals surface area contributed by atoms with E-state index < -0.39 is 5.56 Å². The fraction of sp³-hybridized carbons (Fsp3) is 0.545. The van der Waals surface area contributed by atoms with Gasteiger partial charge in [0, 0.05) is 11.7 Å². The Bertz CT molecular complexity index is 1020. The topological polar surface area (TPSA) is 88.9 Å². The van der Waals surface area contributed by atoms with Gasteiger partial charge in [-0.15, -0.1) is 0 Å². The van der Waals surface area contributed by atoms with Crippen LogP contribution in [-0.4, -0.2) is 26.7 Å². The summed E-state index contributed by atoms with van der Waals surface area (Å²) in [7, 11) is 0. The number of aromatic nitrogens is 3. The maximum absolute atomic E-state index is 12.7. The van der Waals surface area contributed by atoms with Crippen molar-refractivity contribution >= 4 is 28.9 Å². The van der Waals surface area contributed by atoms with Gasteiger partial charge in [0.25, 0.3) is 5.56 Å². The van der Waals surface area contributed by atoms with E-state index in [4.69, 9.17) is 11.6 Å². The number of rotatable bonds is 5. The number of anilines is 2. The Hall–Kier alpha value is -2.41. The molecule has 3 aliphatic carbocycles. The van der Waals surface area contributed by atoms with Gasteiger partial charge in [-0.05, 0) is 55.1 Å². The largest absolute Gasteiger partial charge is 0.379 e. The number of aryl methyl sites for hydroxylation is 1. The lowest BCUT2D eigenvalue weighted by Gasteiger charge is -2.62. The number of nitrogens with one attached hydrogen (secondary N) is 2. The average molecular weight is 430 g/mol. The molecule has 4 atom stereocenters. The van der Waals surface area contributed by atoms with Gasteiger partial charge in [-0.3, -0.25) is 14.6 Å². The summed E-state index contributed by atoms with van der Waals surface area (Å²) in [4.78, 5) is 29.1. The number of fused-ring (bicyclic) bond motifs is 2. The highest BCUT2D eigenvalue weighted by atomic mass is 35.5. The van der Waals surface area contributed by atoms with E-state index in [1.165, 1.54) is 6.42 Å². The van der Waals surface area contributed by atoms with Gasteiger partial charge in [-0.25, -0.2) is 4.68 Å². The van der Waals surface area contributed by atoms with Crippen molar-refractivity contribution in [2.75, 3.05) is 10.6 Å². The number of hydrogen-bond acceptors (Lipinski definition) is 5. The predicted octanol–water partition coefficient (Wildman–Crippen LogP) is 3.72. The Morgan fingerprint density at radius 2 is 2.07 bits per heavy atom. The molecule has 2 N–H and O–H groups in total. The van der Waals surface area contributed by atoms with Crippen LogP contribution in [-0.2, 0) is 11.3 Å². The summed E-state index contributed by atoms with van der Waals surface area (Å²) in [5.41, 5.74) is 1.87.